The highest BCUT2D eigenvalue weighted by Crippen LogP contribution is 2.14. The Balaban J connectivity index is 1.58. The molecule has 0 aliphatic heterocycles. The second-order valence-electron chi connectivity index (χ2n) is 5.60. The topological polar surface area (TPSA) is 103 Å². The number of rotatable bonds is 5. The standard InChI is InChI=1S/C19H15ClN4O3/c20-15-7-3-2-6-14(15)19(27)21-11-17(25)24-22-10-13-9-12-5-1-4-8-16(12)23-18(13)26/h1-10H,11H2,(H,21,27)(H,23,26)(H,24,25)/b22-10+. The highest BCUT2D eigenvalue weighted by molar-refractivity contribution is 6.33. The van der Waals surface area contributed by atoms with Crippen molar-refractivity contribution >= 4 is 40.5 Å². The third kappa shape index (κ3) is 4.59. The number of carbonyl (C=O) groups excluding carboxylic acids is 2. The van der Waals surface area contributed by atoms with Gasteiger partial charge in [0.15, 0.2) is 0 Å². The Morgan fingerprint density at radius 1 is 1.11 bits per heavy atom. The molecule has 3 aromatic rings. The van der Waals surface area contributed by atoms with Crippen LogP contribution in [0.5, 0.6) is 0 Å². The molecule has 0 aliphatic carbocycles. The smallest absolute Gasteiger partial charge is 0.259 e. The molecule has 0 aliphatic rings. The molecular weight excluding hydrogens is 368 g/mol. The molecule has 0 bridgehead atoms. The number of hydrogen-bond acceptors (Lipinski definition) is 4. The van der Waals surface area contributed by atoms with Gasteiger partial charge in [0.05, 0.1) is 28.9 Å². The molecule has 3 rings (SSSR count). The van der Waals surface area contributed by atoms with E-state index in [1.807, 2.05) is 18.2 Å². The van der Waals surface area contributed by atoms with Gasteiger partial charge in [-0.2, -0.15) is 5.10 Å². The molecule has 1 aromatic heterocycles. The van der Waals surface area contributed by atoms with E-state index in [1.54, 1.807) is 36.4 Å². The number of carbonyl (C=O) groups is 2. The van der Waals surface area contributed by atoms with E-state index in [0.29, 0.717) is 16.1 Å². The predicted octanol–water partition coefficient (Wildman–Crippen LogP) is 2.06. The molecule has 2 aromatic carbocycles. The molecular formula is C19H15ClN4O3. The van der Waals surface area contributed by atoms with Crippen LogP contribution in [-0.2, 0) is 4.79 Å². The van der Waals surface area contributed by atoms with Crippen LogP contribution < -0.4 is 16.3 Å². The lowest BCUT2D eigenvalue weighted by atomic mass is 10.2. The maximum absolute atomic E-state index is 12.0. The zero-order valence-corrected chi connectivity index (χ0v) is 14.8. The number of H-pyrrole nitrogens is 1. The first-order chi connectivity index (χ1) is 13.0. The van der Waals surface area contributed by atoms with Crippen molar-refractivity contribution in [2.45, 2.75) is 0 Å². The van der Waals surface area contributed by atoms with Crippen LogP contribution in [0.4, 0.5) is 0 Å². The van der Waals surface area contributed by atoms with Crippen molar-refractivity contribution in [2.24, 2.45) is 5.10 Å². The fraction of sp³-hybridized carbons (Fsp3) is 0.0526. The molecule has 8 heteroatoms. The predicted molar refractivity (Wildman–Crippen MR) is 104 cm³/mol. The molecule has 0 saturated heterocycles. The van der Waals surface area contributed by atoms with Gasteiger partial charge in [-0.1, -0.05) is 41.9 Å². The molecule has 136 valence electrons. The van der Waals surface area contributed by atoms with E-state index in [1.165, 1.54) is 6.21 Å². The molecule has 1 heterocycles. The lowest BCUT2D eigenvalue weighted by Crippen LogP contribution is -2.35. The minimum absolute atomic E-state index is 0.276. The van der Waals surface area contributed by atoms with E-state index < -0.39 is 11.8 Å². The summed E-state index contributed by atoms with van der Waals surface area (Å²) in [6.07, 6.45) is 1.25. The molecule has 0 saturated carbocycles. The summed E-state index contributed by atoms with van der Waals surface area (Å²) in [5, 5.41) is 7.34. The van der Waals surface area contributed by atoms with Crippen LogP contribution in [0.2, 0.25) is 5.02 Å². The van der Waals surface area contributed by atoms with Crippen molar-refractivity contribution in [1.82, 2.24) is 15.7 Å². The largest absolute Gasteiger partial charge is 0.343 e. The van der Waals surface area contributed by atoms with Crippen LogP contribution in [0.25, 0.3) is 10.9 Å². The number of aromatic amines is 1. The van der Waals surface area contributed by atoms with Crippen LogP contribution in [0.1, 0.15) is 15.9 Å². The van der Waals surface area contributed by atoms with Crippen molar-refractivity contribution in [3.8, 4) is 0 Å². The van der Waals surface area contributed by atoms with Crippen LogP contribution in [0.3, 0.4) is 0 Å². The Labute approximate surface area is 159 Å². The number of fused-ring (bicyclic) bond motifs is 1. The second-order valence-corrected chi connectivity index (χ2v) is 6.00. The van der Waals surface area contributed by atoms with Crippen molar-refractivity contribution < 1.29 is 9.59 Å². The van der Waals surface area contributed by atoms with Gasteiger partial charge in [-0.05, 0) is 29.7 Å². The molecule has 0 fully saturated rings. The average molecular weight is 383 g/mol. The normalized spacial score (nSPS) is 10.9. The van der Waals surface area contributed by atoms with E-state index in [2.05, 4.69) is 20.8 Å². The van der Waals surface area contributed by atoms with E-state index in [-0.39, 0.29) is 17.7 Å². The first-order valence-electron chi connectivity index (χ1n) is 8.01. The van der Waals surface area contributed by atoms with Crippen LogP contribution in [0.15, 0.2) is 64.5 Å². The fourth-order valence-electron chi connectivity index (χ4n) is 2.37. The van der Waals surface area contributed by atoms with Gasteiger partial charge in [0.2, 0.25) is 0 Å². The van der Waals surface area contributed by atoms with Gasteiger partial charge < -0.3 is 10.3 Å². The van der Waals surface area contributed by atoms with Crippen LogP contribution in [0, 0.1) is 0 Å². The summed E-state index contributed by atoms with van der Waals surface area (Å²) in [7, 11) is 0. The Hall–Kier alpha value is -3.45. The molecule has 2 amide bonds. The number of hydrogen-bond donors (Lipinski definition) is 3. The summed E-state index contributed by atoms with van der Waals surface area (Å²) in [5.41, 5.74) is 3.23. The summed E-state index contributed by atoms with van der Waals surface area (Å²) in [5.74, 6) is -1.01. The second kappa shape index (κ2) is 8.29. The van der Waals surface area contributed by atoms with E-state index in [0.717, 1.165) is 5.39 Å². The van der Waals surface area contributed by atoms with Crippen LogP contribution >= 0.6 is 11.6 Å². The van der Waals surface area contributed by atoms with Gasteiger partial charge in [-0.3, -0.25) is 14.4 Å². The number of hydrazone groups is 1. The summed E-state index contributed by atoms with van der Waals surface area (Å²) in [6, 6.07) is 15.5. The van der Waals surface area contributed by atoms with Crippen LogP contribution in [-0.4, -0.2) is 29.6 Å². The minimum Gasteiger partial charge on any atom is -0.343 e. The Kier molecular flexibility index (Phi) is 5.63. The van der Waals surface area contributed by atoms with Gasteiger partial charge in [-0.25, -0.2) is 5.43 Å². The monoisotopic (exact) mass is 382 g/mol. The number of para-hydroxylation sites is 1. The quantitative estimate of drug-likeness (QED) is 0.464. The lowest BCUT2D eigenvalue weighted by Gasteiger charge is -2.05. The van der Waals surface area contributed by atoms with E-state index in [9.17, 15) is 14.4 Å². The van der Waals surface area contributed by atoms with Crippen molar-refractivity contribution in [2.75, 3.05) is 6.54 Å². The van der Waals surface area contributed by atoms with Crippen molar-refractivity contribution in [1.29, 1.82) is 0 Å². The SMILES string of the molecule is O=C(CNC(=O)c1ccccc1Cl)N/N=C/c1cc2ccccc2[nH]c1=O. The zero-order chi connectivity index (χ0) is 19.2. The summed E-state index contributed by atoms with van der Waals surface area (Å²) >= 11 is 5.92. The summed E-state index contributed by atoms with van der Waals surface area (Å²) < 4.78 is 0. The number of nitrogens with zero attached hydrogens (tertiary/aromatic N) is 1. The number of benzene rings is 2. The summed E-state index contributed by atoms with van der Waals surface area (Å²) in [4.78, 5) is 38.5. The highest BCUT2D eigenvalue weighted by Gasteiger charge is 2.10. The fourth-order valence-corrected chi connectivity index (χ4v) is 2.60. The van der Waals surface area contributed by atoms with E-state index in [4.69, 9.17) is 11.6 Å². The highest BCUT2D eigenvalue weighted by atomic mass is 35.5. The summed E-state index contributed by atoms with van der Waals surface area (Å²) in [6.45, 7) is -0.282. The third-order valence-electron chi connectivity index (χ3n) is 3.70. The van der Waals surface area contributed by atoms with Gasteiger partial charge >= 0.3 is 0 Å². The molecule has 0 radical (unpaired) electrons. The first-order valence-corrected chi connectivity index (χ1v) is 8.39. The zero-order valence-electron chi connectivity index (χ0n) is 14.0. The molecule has 0 spiro atoms. The molecule has 0 unspecified atom stereocenters. The number of aromatic nitrogens is 1. The number of pyridine rings is 1. The Morgan fingerprint density at radius 3 is 2.67 bits per heavy atom. The minimum atomic E-state index is -0.538. The molecule has 3 N–H and O–H groups in total. The third-order valence-corrected chi connectivity index (χ3v) is 4.03. The van der Waals surface area contributed by atoms with Gasteiger partial charge in [0.25, 0.3) is 17.4 Å². The van der Waals surface area contributed by atoms with Crippen molar-refractivity contribution in [3.05, 3.63) is 81.1 Å². The lowest BCUT2D eigenvalue weighted by molar-refractivity contribution is -0.120. The molecule has 7 nitrogen and oxygen atoms in total. The van der Waals surface area contributed by atoms with Crippen molar-refractivity contribution in [3.63, 3.8) is 0 Å². The first kappa shape index (κ1) is 18.3. The van der Waals surface area contributed by atoms with Gasteiger partial charge in [0.1, 0.15) is 0 Å². The maximum atomic E-state index is 12.0. The van der Waals surface area contributed by atoms with Gasteiger partial charge in [0, 0.05) is 5.52 Å². The molecule has 27 heavy (non-hydrogen) atoms. The number of halogens is 1. The van der Waals surface area contributed by atoms with E-state index >= 15 is 0 Å². The molecule has 0 atom stereocenters. The average Bonchev–Trinajstić information content (AvgIpc) is 2.67. The van der Waals surface area contributed by atoms with Gasteiger partial charge in [-0.15, -0.1) is 0 Å². The Morgan fingerprint density at radius 2 is 1.85 bits per heavy atom. The maximum Gasteiger partial charge on any atom is 0.259 e. The Bertz CT molecular complexity index is 1090. The number of amides is 2. The number of nitrogens with one attached hydrogen (secondary N) is 3.